The zero-order valence-corrected chi connectivity index (χ0v) is 10.1. The number of carbonyl (C=O) groups is 1. The number of rotatable bonds is 4. The highest BCUT2D eigenvalue weighted by Crippen LogP contribution is 2.40. The second-order valence-corrected chi connectivity index (χ2v) is 4.85. The molecule has 1 rings (SSSR count). The molecule has 1 aliphatic carbocycles. The number of hydrogen-bond acceptors (Lipinski definition) is 1. The fraction of sp³-hybridized carbons (Fsp3) is 0.769. The van der Waals surface area contributed by atoms with Crippen molar-refractivity contribution in [1.82, 2.24) is 0 Å². The highest BCUT2D eigenvalue weighted by atomic mass is 19.4. The van der Waals surface area contributed by atoms with Crippen molar-refractivity contribution in [2.24, 2.45) is 11.8 Å². The first-order valence-electron chi connectivity index (χ1n) is 6.10. The molecule has 2 atom stereocenters. The Labute approximate surface area is 100 Å². The van der Waals surface area contributed by atoms with E-state index in [0.29, 0.717) is 19.3 Å². The summed E-state index contributed by atoms with van der Waals surface area (Å²) in [7, 11) is 0. The van der Waals surface area contributed by atoms with Gasteiger partial charge in [0.25, 0.3) is 0 Å². The molecule has 1 fully saturated rings. The van der Waals surface area contributed by atoms with Crippen LogP contribution in [0.5, 0.6) is 0 Å². The van der Waals surface area contributed by atoms with Gasteiger partial charge in [-0.15, -0.1) is 0 Å². The molecular weight excluding hydrogens is 229 g/mol. The van der Waals surface area contributed by atoms with Crippen LogP contribution in [0.3, 0.4) is 0 Å². The Morgan fingerprint density at radius 3 is 2.53 bits per heavy atom. The molecule has 0 spiro atoms. The summed E-state index contributed by atoms with van der Waals surface area (Å²) in [4.78, 5) is 11.8. The van der Waals surface area contributed by atoms with E-state index in [1.807, 2.05) is 6.92 Å². The summed E-state index contributed by atoms with van der Waals surface area (Å²) < 4.78 is 37.7. The van der Waals surface area contributed by atoms with E-state index in [1.165, 1.54) is 0 Å². The highest BCUT2D eigenvalue weighted by Gasteiger charge is 2.43. The van der Waals surface area contributed by atoms with Crippen LogP contribution in [0.25, 0.3) is 0 Å². The lowest BCUT2D eigenvalue weighted by Crippen LogP contribution is -2.31. The minimum Gasteiger partial charge on any atom is -0.299 e. The van der Waals surface area contributed by atoms with Crippen LogP contribution in [0.15, 0.2) is 12.2 Å². The molecule has 0 aromatic rings. The Morgan fingerprint density at radius 1 is 1.35 bits per heavy atom. The SMILES string of the molecule is C=C(CC)CC(=O)C1CCCC(C(F)(F)F)C1. The molecule has 98 valence electrons. The number of Topliss-reactive ketones (excluding diaryl/α,β-unsaturated/α-hetero) is 1. The van der Waals surface area contributed by atoms with Gasteiger partial charge in [0.1, 0.15) is 5.78 Å². The van der Waals surface area contributed by atoms with Crippen molar-refractivity contribution in [3.8, 4) is 0 Å². The molecule has 0 bridgehead atoms. The fourth-order valence-electron chi connectivity index (χ4n) is 2.30. The minimum absolute atomic E-state index is 0.0284. The summed E-state index contributed by atoms with van der Waals surface area (Å²) in [6, 6.07) is 0. The van der Waals surface area contributed by atoms with Gasteiger partial charge in [-0.3, -0.25) is 4.79 Å². The van der Waals surface area contributed by atoms with Crippen molar-refractivity contribution in [1.29, 1.82) is 0 Å². The summed E-state index contributed by atoms with van der Waals surface area (Å²) in [6.07, 6.45) is -1.96. The molecule has 0 N–H and O–H groups in total. The van der Waals surface area contributed by atoms with E-state index in [9.17, 15) is 18.0 Å². The molecule has 0 saturated heterocycles. The summed E-state index contributed by atoms with van der Waals surface area (Å²) >= 11 is 0. The molecule has 0 aromatic carbocycles. The first-order chi connectivity index (χ1) is 7.84. The average Bonchev–Trinajstić information content (AvgIpc) is 2.28. The smallest absolute Gasteiger partial charge is 0.299 e. The zero-order chi connectivity index (χ0) is 13.1. The second kappa shape index (κ2) is 5.69. The van der Waals surface area contributed by atoms with Gasteiger partial charge >= 0.3 is 6.18 Å². The van der Waals surface area contributed by atoms with Gasteiger partial charge in [-0.1, -0.05) is 25.5 Å². The first-order valence-corrected chi connectivity index (χ1v) is 6.10. The first kappa shape index (κ1) is 14.3. The highest BCUT2D eigenvalue weighted by molar-refractivity contribution is 5.83. The normalized spacial score (nSPS) is 25.6. The van der Waals surface area contributed by atoms with Crippen LogP contribution < -0.4 is 0 Å². The van der Waals surface area contributed by atoms with Gasteiger partial charge in [0, 0.05) is 12.3 Å². The van der Waals surface area contributed by atoms with Crippen molar-refractivity contribution in [2.45, 2.75) is 51.6 Å². The summed E-state index contributed by atoms with van der Waals surface area (Å²) in [6.45, 7) is 5.63. The van der Waals surface area contributed by atoms with E-state index < -0.39 is 18.0 Å². The Hall–Kier alpha value is -0.800. The molecule has 4 heteroatoms. The van der Waals surface area contributed by atoms with E-state index in [2.05, 4.69) is 6.58 Å². The van der Waals surface area contributed by atoms with Gasteiger partial charge in [0.15, 0.2) is 0 Å². The lowest BCUT2D eigenvalue weighted by Gasteiger charge is -2.29. The second-order valence-electron chi connectivity index (χ2n) is 4.85. The van der Waals surface area contributed by atoms with Gasteiger partial charge in [0.05, 0.1) is 5.92 Å². The maximum atomic E-state index is 12.6. The van der Waals surface area contributed by atoms with Gasteiger partial charge < -0.3 is 0 Å². The van der Waals surface area contributed by atoms with E-state index in [-0.39, 0.29) is 25.0 Å². The largest absolute Gasteiger partial charge is 0.391 e. The molecular formula is C13H19F3O. The summed E-state index contributed by atoms with van der Waals surface area (Å²) in [5, 5.41) is 0. The fourth-order valence-corrected chi connectivity index (χ4v) is 2.30. The van der Waals surface area contributed by atoms with Gasteiger partial charge in [-0.2, -0.15) is 13.2 Å². The summed E-state index contributed by atoms with van der Waals surface area (Å²) in [5.74, 6) is -1.77. The van der Waals surface area contributed by atoms with Crippen LogP contribution in [0.2, 0.25) is 0 Å². The number of ketones is 1. The van der Waals surface area contributed by atoms with E-state index in [0.717, 1.165) is 5.57 Å². The van der Waals surface area contributed by atoms with Crippen molar-refractivity contribution in [2.75, 3.05) is 0 Å². The Kier molecular flexibility index (Phi) is 4.78. The number of hydrogen-bond donors (Lipinski definition) is 0. The molecule has 1 aliphatic rings. The quantitative estimate of drug-likeness (QED) is 0.679. The maximum absolute atomic E-state index is 12.6. The molecule has 17 heavy (non-hydrogen) atoms. The predicted molar refractivity (Wildman–Crippen MR) is 60.6 cm³/mol. The van der Waals surface area contributed by atoms with Crippen molar-refractivity contribution < 1.29 is 18.0 Å². The van der Waals surface area contributed by atoms with Gasteiger partial charge in [0.2, 0.25) is 0 Å². The lowest BCUT2D eigenvalue weighted by atomic mass is 9.78. The van der Waals surface area contributed by atoms with Crippen LogP contribution in [0, 0.1) is 11.8 Å². The van der Waals surface area contributed by atoms with Gasteiger partial charge in [-0.05, 0) is 25.7 Å². The minimum atomic E-state index is -4.15. The number of alkyl halides is 3. The third-order valence-electron chi connectivity index (χ3n) is 3.52. The van der Waals surface area contributed by atoms with Crippen LogP contribution in [0.1, 0.15) is 45.4 Å². The third kappa shape index (κ3) is 4.17. The van der Waals surface area contributed by atoms with E-state index in [4.69, 9.17) is 0 Å². The Balaban J connectivity index is 2.55. The molecule has 1 nitrogen and oxygen atoms in total. The molecule has 1 saturated carbocycles. The lowest BCUT2D eigenvalue weighted by molar-refractivity contribution is -0.186. The molecule has 0 aliphatic heterocycles. The average molecular weight is 248 g/mol. The molecule has 0 heterocycles. The van der Waals surface area contributed by atoms with E-state index >= 15 is 0 Å². The third-order valence-corrected chi connectivity index (χ3v) is 3.52. The summed E-state index contributed by atoms with van der Waals surface area (Å²) in [5.41, 5.74) is 0.809. The standard InChI is InChI=1S/C13H19F3O/c1-3-9(2)7-12(17)10-5-4-6-11(8-10)13(14,15)16/h10-11H,2-8H2,1H3. The number of carbonyl (C=O) groups excluding carboxylic acids is 1. The van der Waals surface area contributed by atoms with Crippen LogP contribution in [0.4, 0.5) is 13.2 Å². The van der Waals surface area contributed by atoms with Crippen LogP contribution >= 0.6 is 0 Å². The molecule has 0 radical (unpaired) electrons. The zero-order valence-electron chi connectivity index (χ0n) is 10.1. The Morgan fingerprint density at radius 2 is 2.00 bits per heavy atom. The van der Waals surface area contributed by atoms with E-state index in [1.54, 1.807) is 0 Å². The van der Waals surface area contributed by atoms with Crippen LogP contribution in [-0.4, -0.2) is 12.0 Å². The Bertz CT molecular complexity index is 294. The molecule has 0 amide bonds. The number of allylic oxidation sites excluding steroid dienone is 1. The number of halogens is 3. The predicted octanol–water partition coefficient (Wildman–Crippen LogP) is 4.28. The molecule has 0 aromatic heterocycles. The molecule has 2 unspecified atom stereocenters. The van der Waals surface area contributed by atoms with Crippen LogP contribution in [-0.2, 0) is 4.79 Å². The van der Waals surface area contributed by atoms with Crippen molar-refractivity contribution >= 4 is 5.78 Å². The monoisotopic (exact) mass is 248 g/mol. The van der Waals surface area contributed by atoms with Crippen molar-refractivity contribution in [3.05, 3.63) is 12.2 Å². The van der Waals surface area contributed by atoms with Crippen molar-refractivity contribution in [3.63, 3.8) is 0 Å². The topological polar surface area (TPSA) is 17.1 Å². The van der Waals surface area contributed by atoms with Gasteiger partial charge in [-0.25, -0.2) is 0 Å². The maximum Gasteiger partial charge on any atom is 0.391 e.